The fourth-order valence-corrected chi connectivity index (χ4v) is 2.40. The van der Waals surface area contributed by atoms with Crippen molar-refractivity contribution >= 4 is 11.8 Å². The number of aromatic nitrogens is 2. The van der Waals surface area contributed by atoms with Crippen molar-refractivity contribution in [1.82, 2.24) is 20.2 Å². The summed E-state index contributed by atoms with van der Waals surface area (Å²) >= 11 is 0. The molecular weight excluding hydrogens is 332 g/mol. The van der Waals surface area contributed by atoms with E-state index in [2.05, 4.69) is 15.3 Å². The zero-order valence-electron chi connectivity index (χ0n) is 14.9. The summed E-state index contributed by atoms with van der Waals surface area (Å²) < 4.78 is 4.95. The largest absolute Gasteiger partial charge is 0.385 e. The number of hydrogen-bond acceptors (Lipinski definition) is 5. The summed E-state index contributed by atoms with van der Waals surface area (Å²) in [4.78, 5) is 34.4. The van der Waals surface area contributed by atoms with Crippen molar-refractivity contribution in [2.24, 2.45) is 0 Å². The van der Waals surface area contributed by atoms with Crippen molar-refractivity contribution in [3.05, 3.63) is 60.2 Å². The maximum atomic E-state index is 12.7. The van der Waals surface area contributed by atoms with Crippen LogP contribution in [0.5, 0.6) is 0 Å². The van der Waals surface area contributed by atoms with Crippen LogP contribution in [0.25, 0.3) is 0 Å². The average Bonchev–Trinajstić information content (AvgIpc) is 2.69. The molecule has 0 atom stereocenters. The minimum absolute atomic E-state index is 0.0916. The molecule has 0 aliphatic rings. The Bertz CT molecular complexity index is 680. The molecule has 0 unspecified atom stereocenters. The van der Waals surface area contributed by atoms with E-state index in [1.807, 2.05) is 30.3 Å². The summed E-state index contributed by atoms with van der Waals surface area (Å²) in [5, 5.41) is 2.83. The molecule has 0 aliphatic carbocycles. The van der Waals surface area contributed by atoms with Crippen LogP contribution in [0.4, 0.5) is 0 Å². The first kappa shape index (κ1) is 19.5. The summed E-state index contributed by atoms with van der Waals surface area (Å²) in [5.41, 5.74) is 1.26. The number of methoxy groups -OCH3 is 1. The predicted molar refractivity (Wildman–Crippen MR) is 97.3 cm³/mol. The number of nitrogens with zero attached hydrogens (tertiary/aromatic N) is 3. The van der Waals surface area contributed by atoms with Crippen LogP contribution in [0.15, 0.2) is 48.9 Å². The molecule has 26 heavy (non-hydrogen) atoms. The van der Waals surface area contributed by atoms with E-state index in [4.69, 9.17) is 4.74 Å². The van der Waals surface area contributed by atoms with E-state index in [9.17, 15) is 9.59 Å². The zero-order valence-corrected chi connectivity index (χ0v) is 14.9. The molecule has 1 N–H and O–H groups in total. The van der Waals surface area contributed by atoms with E-state index in [-0.39, 0.29) is 23.9 Å². The van der Waals surface area contributed by atoms with Gasteiger partial charge in [-0.15, -0.1) is 0 Å². The summed E-state index contributed by atoms with van der Waals surface area (Å²) in [6, 6.07) is 9.65. The quantitative estimate of drug-likeness (QED) is 0.655. The summed E-state index contributed by atoms with van der Waals surface area (Å²) in [5.74, 6) is -0.333. The number of amides is 2. The van der Waals surface area contributed by atoms with Crippen LogP contribution in [0.3, 0.4) is 0 Å². The average molecular weight is 356 g/mol. The molecule has 0 saturated carbocycles. The first-order valence-corrected chi connectivity index (χ1v) is 8.55. The van der Waals surface area contributed by atoms with Crippen LogP contribution in [0.2, 0.25) is 0 Å². The fraction of sp³-hybridized carbons (Fsp3) is 0.368. The van der Waals surface area contributed by atoms with Gasteiger partial charge in [-0.25, -0.2) is 4.98 Å². The lowest BCUT2D eigenvalue weighted by Crippen LogP contribution is -2.35. The molecule has 0 radical (unpaired) electrons. The molecule has 2 rings (SSSR count). The lowest BCUT2D eigenvalue weighted by molar-refractivity contribution is -0.121. The molecule has 7 nitrogen and oxygen atoms in total. The molecule has 138 valence electrons. The number of carbonyl (C=O) groups is 2. The molecule has 0 bridgehead atoms. The first-order valence-electron chi connectivity index (χ1n) is 8.55. The van der Waals surface area contributed by atoms with E-state index in [1.54, 1.807) is 12.0 Å². The normalized spacial score (nSPS) is 10.3. The smallest absolute Gasteiger partial charge is 0.274 e. The van der Waals surface area contributed by atoms with Crippen LogP contribution in [0.1, 0.15) is 28.9 Å². The van der Waals surface area contributed by atoms with Gasteiger partial charge >= 0.3 is 0 Å². The molecule has 0 spiro atoms. The minimum Gasteiger partial charge on any atom is -0.385 e. The Labute approximate surface area is 153 Å². The highest BCUT2D eigenvalue weighted by molar-refractivity contribution is 5.92. The van der Waals surface area contributed by atoms with Gasteiger partial charge in [0.2, 0.25) is 5.91 Å². The molecule has 1 heterocycles. The Kier molecular flexibility index (Phi) is 8.21. The van der Waals surface area contributed by atoms with Crippen molar-refractivity contribution in [1.29, 1.82) is 0 Å². The zero-order chi connectivity index (χ0) is 18.6. The van der Waals surface area contributed by atoms with Crippen LogP contribution >= 0.6 is 0 Å². The predicted octanol–water partition coefficient (Wildman–Crippen LogP) is 1.66. The Balaban J connectivity index is 1.96. The summed E-state index contributed by atoms with van der Waals surface area (Å²) in [6.07, 6.45) is 5.42. The second kappa shape index (κ2) is 10.9. The number of ether oxygens (including phenoxy) is 1. The fourth-order valence-electron chi connectivity index (χ4n) is 2.40. The number of benzene rings is 1. The van der Waals surface area contributed by atoms with Crippen LogP contribution < -0.4 is 5.32 Å². The Morgan fingerprint density at radius 2 is 2.00 bits per heavy atom. The second-order valence-electron chi connectivity index (χ2n) is 5.75. The summed E-state index contributed by atoms with van der Waals surface area (Å²) in [7, 11) is 1.63. The van der Waals surface area contributed by atoms with E-state index < -0.39 is 0 Å². The molecule has 2 aromatic rings. The van der Waals surface area contributed by atoms with E-state index in [1.165, 1.54) is 18.6 Å². The molecule has 2 amide bonds. The Morgan fingerprint density at radius 1 is 1.19 bits per heavy atom. The van der Waals surface area contributed by atoms with Gasteiger partial charge in [0.15, 0.2) is 0 Å². The minimum atomic E-state index is -0.242. The number of carbonyl (C=O) groups excluding carboxylic acids is 2. The first-order chi connectivity index (χ1) is 12.7. The monoisotopic (exact) mass is 356 g/mol. The second-order valence-corrected chi connectivity index (χ2v) is 5.75. The van der Waals surface area contributed by atoms with Crippen molar-refractivity contribution in [2.75, 3.05) is 26.8 Å². The van der Waals surface area contributed by atoms with Gasteiger partial charge in [0.1, 0.15) is 5.69 Å². The van der Waals surface area contributed by atoms with Gasteiger partial charge < -0.3 is 15.0 Å². The lowest BCUT2D eigenvalue weighted by Gasteiger charge is -2.22. The van der Waals surface area contributed by atoms with Crippen molar-refractivity contribution in [3.63, 3.8) is 0 Å². The topological polar surface area (TPSA) is 84.4 Å². The van der Waals surface area contributed by atoms with Gasteiger partial charge in [0, 0.05) is 52.2 Å². The van der Waals surface area contributed by atoms with Crippen LogP contribution in [-0.2, 0) is 16.1 Å². The highest BCUT2D eigenvalue weighted by Gasteiger charge is 2.18. The van der Waals surface area contributed by atoms with Crippen LogP contribution in [0, 0.1) is 0 Å². The highest BCUT2D eigenvalue weighted by Crippen LogP contribution is 2.09. The van der Waals surface area contributed by atoms with E-state index >= 15 is 0 Å². The third-order valence-corrected chi connectivity index (χ3v) is 3.74. The molecule has 1 aromatic heterocycles. The standard InChI is InChI=1S/C19H24N4O3/c1-26-13-5-9-22-18(24)8-12-23(15-16-6-3-2-4-7-16)19(25)17-14-20-10-11-21-17/h2-4,6-7,10-11,14H,5,8-9,12-13,15H2,1H3,(H,22,24). The van der Waals surface area contributed by atoms with E-state index in [0.29, 0.717) is 26.2 Å². The molecule has 7 heteroatoms. The van der Waals surface area contributed by atoms with Gasteiger partial charge in [-0.2, -0.15) is 0 Å². The van der Waals surface area contributed by atoms with Gasteiger partial charge in [0.05, 0.1) is 6.20 Å². The van der Waals surface area contributed by atoms with Gasteiger partial charge in [-0.3, -0.25) is 14.6 Å². The third kappa shape index (κ3) is 6.60. The van der Waals surface area contributed by atoms with Crippen LogP contribution in [-0.4, -0.2) is 53.5 Å². The Morgan fingerprint density at radius 3 is 2.69 bits per heavy atom. The number of hydrogen-bond donors (Lipinski definition) is 1. The van der Waals surface area contributed by atoms with Crippen molar-refractivity contribution in [3.8, 4) is 0 Å². The van der Waals surface area contributed by atoms with Gasteiger partial charge in [-0.05, 0) is 12.0 Å². The van der Waals surface area contributed by atoms with Crippen molar-refractivity contribution in [2.45, 2.75) is 19.4 Å². The molecule has 0 saturated heterocycles. The van der Waals surface area contributed by atoms with Gasteiger partial charge in [0.25, 0.3) is 5.91 Å². The SMILES string of the molecule is COCCCNC(=O)CCN(Cc1ccccc1)C(=O)c1cnccn1. The maximum Gasteiger partial charge on any atom is 0.274 e. The number of rotatable bonds is 10. The lowest BCUT2D eigenvalue weighted by atomic mass is 10.2. The van der Waals surface area contributed by atoms with Crippen molar-refractivity contribution < 1.29 is 14.3 Å². The molecule has 0 aliphatic heterocycles. The molecule has 0 fully saturated rings. The highest BCUT2D eigenvalue weighted by atomic mass is 16.5. The summed E-state index contributed by atoms with van der Waals surface area (Å²) in [6.45, 7) is 1.88. The molecule has 1 aromatic carbocycles. The van der Waals surface area contributed by atoms with Gasteiger partial charge in [-0.1, -0.05) is 30.3 Å². The Hall–Kier alpha value is -2.80. The third-order valence-electron chi connectivity index (χ3n) is 3.74. The maximum absolute atomic E-state index is 12.7. The van der Waals surface area contributed by atoms with E-state index in [0.717, 1.165) is 12.0 Å². The molecular formula is C19H24N4O3. The number of nitrogens with one attached hydrogen (secondary N) is 1.